The summed E-state index contributed by atoms with van der Waals surface area (Å²) in [6, 6.07) is 7.99. The van der Waals surface area contributed by atoms with Gasteiger partial charge in [0.2, 0.25) is 0 Å². The molecule has 28 heavy (non-hydrogen) atoms. The lowest BCUT2D eigenvalue weighted by molar-refractivity contribution is -0.385. The summed E-state index contributed by atoms with van der Waals surface area (Å²) in [7, 11) is 0. The zero-order chi connectivity index (χ0) is 20.1. The Morgan fingerprint density at radius 2 is 2.00 bits per heavy atom. The Kier molecular flexibility index (Phi) is 4.16. The second-order valence-electron chi connectivity index (χ2n) is 6.65. The maximum Gasteiger partial charge on any atom is 0.453 e. The lowest BCUT2D eigenvalue weighted by atomic mass is 10.1. The lowest BCUT2D eigenvalue weighted by Gasteiger charge is -2.25. The molecular weight excluding hydrogens is 377 g/mol. The van der Waals surface area contributed by atoms with E-state index >= 15 is 0 Å². The molecule has 0 amide bonds. The van der Waals surface area contributed by atoms with Crippen LogP contribution in [0.15, 0.2) is 30.3 Å². The molecule has 0 unspecified atom stereocenters. The molecule has 2 aromatic heterocycles. The van der Waals surface area contributed by atoms with Crippen molar-refractivity contribution in [3.8, 4) is 0 Å². The molecule has 1 aliphatic carbocycles. The number of aryl methyl sites for hydroxylation is 1. The monoisotopic (exact) mass is 392 g/mol. The van der Waals surface area contributed by atoms with Gasteiger partial charge in [-0.15, -0.1) is 5.10 Å². The molecule has 0 saturated heterocycles. The molecule has 8 nitrogen and oxygen atoms in total. The third-order valence-corrected chi connectivity index (χ3v) is 4.49. The van der Waals surface area contributed by atoms with Crippen LogP contribution in [0.4, 0.5) is 24.7 Å². The summed E-state index contributed by atoms with van der Waals surface area (Å²) in [5.41, 5.74) is 0.916. The van der Waals surface area contributed by atoms with Gasteiger partial charge in [-0.05, 0) is 19.8 Å². The van der Waals surface area contributed by atoms with Crippen molar-refractivity contribution in [1.82, 2.24) is 19.6 Å². The molecule has 0 aliphatic heterocycles. The van der Waals surface area contributed by atoms with E-state index in [-0.39, 0.29) is 24.1 Å². The highest BCUT2D eigenvalue weighted by atomic mass is 19.4. The fourth-order valence-corrected chi connectivity index (χ4v) is 3.08. The van der Waals surface area contributed by atoms with Crippen molar-refractivity contribution in [3.63, 3.8) is 0 Å². The highest BCUT2D eigenvalue weighted by Gasteiger charge is 2.38. The number of halogens is 3. The Labute approximate surface area is 156 Å². The molecule has 1 aromatic carbocycles. The molecule has 0 radical (unpaired) electrons. The number of nitro groups is 1. The predicted molar refractivity (Wildman–Crippen MR) is 92.8 cm³/mol. The van der Waals surface area contributed by atoms with E-state index in [0.29, 0.717) is 17.1 Å². The van der Waals surface area contributed by atoms with Crippen LogP contribution in [0.1, 0.15) is 29.9 Å². The van der Waals surface area contributed by atoms with Crippen molar-refractivity contribution in [3.05, 3.63) is 57.5 Å². The second-order valence-corrected chi connectivity index (χ2v) is 6.65. The molecule has 0 spiro atoms. The molecule has 1 saturated carbocycles. The molecule has 0 bridgehead atoms. The molecule has 1 fully saturated rings. The van der Waals surface area contributed by atoms with Crippen LogP contribution in [0.25, 0.3) is 5.78 Å². The van der Waals surface area contributed by atoms with Crippen molar-refractivity contribution < 1.29 is 18.1 Å². The van der Waals surface area contributed by atoms with Crippen molar-refractivity contribution in [2.75, 3.05) is 4.90 Å². The number of fused-ring (bicyclic) bond motifs is 1. The van der Waals surface area contributed by atoms with Gasteiger partial charge in [0.1, 0.15) is 5.82 Å². The molecule has 146 valence electrons. The minimum atomic E-state index is -4.69. The minimum Gasteiger partial charge on any atom is -0.349 e. The van der Waals surface area contributed by atoms with Gasteiger partial charge in [0.15, 0.2) is 0 Å². The maximum absolute atomic E-state index is 13.1. The van der Waals surface area contributed by atoms with E-state index in [0.717, 1.165) is 17.4 Å². The van der Waals surface area contributed by atoms with E-state index in [1.54, 1.807) is 31.2 Å². The zero-order valence-corrected chi connectivity index (χ0v) is 14.7. The first-order chi connectivity index (χ1) is 13.2. The summed E-state index contributed by atoms with van der Waals surface area (Å²) in [4.78, 5) is 20.2. The average molecular weight is 392 g/mol. The van der Waals surface area contributed by atoms with Gasteiger partial charge < -0.3 is 4.90 Å². The van der Waals surface area contributed by atoms with Crippen LogP contribution in [0.5, 0.6) is 0 Å². The minimum absolute atomic E-state index is 0.0373. The highest BCUT2D eigenvalue weighted by molar-refractivity contribution is 5.52. The second kappa shape index (κ2) is 6.43. The number of para-hydroxylation sites is 1. The van der Waals surface area contributed by atoms with E-state index in [9.17, 15) is 23.3 Å². The van der Waals surface area contributed by atoms with Crippen LogP contribution in [0.2, 0.25) is 0 Å². The topological polar surface area (TPSA) is 89.5 Å². The molecule has 2 heterocycles. The average Bonchev–Trinajstić information content (AvgIpc) is 3.36. The number of rotatable bonds is 5. The number of nitro benzene ring substituents is 1. The largest absolute Gasteiger partial charge is 0.453 e. The van der Waals surface area contributed by atoms with E-state index in [1.807, 2.05) is 4.90 Å². The number of anilines is 1. The van der Waals surface area contributed by atoms with Crippen molar-refractivity contribution >= 4 is 17.3 Å². The van der Waals surface area contributed by atoms with E-state index in [1.165, 1.54) is 6.07 Å². The van der Waals surface area contributed by atoms with Gasteiger partial charge in [-0.25, -0.2) is 4.98 Å². The van der Waals surface area contributed by atoms with Gasteiger partial charge in [0.05, 0.1) is 11.5 Å². The molecule has 0 N–H and O–H groups in total. The van der Waals surface area contributed by atoms with Crippen LogP contribution < -0.4 is 4.90 Å². The number of benzene rings is 1. The van der Waals surface area contributed by atoms with Crippen LogP contribution in [0, 0.1) is 17.0 Å². The first-order valence-electron chi connectivity index (χ1n) is 8.54. The summed E-state index contributed by atoms with van der Waals surface area (Å²) in [5, 5.41) is 14.9. The quantitative estimate of drug-likeness (QED) is 0.487. The summed E-state index contributed by atoms with van der Waals surface area (Å²) >= 11 is 0. The van der Waals surface area contributed by atoms with Crippen molar-refractivity contribution in [2.45, 2.75) is 38.5 Å². The van der Waals surface area contributed by atoms with Gasteiger partial charge in [0, 0.05) is 29.4 Å². The Hall–Kier alpha value is -3.24. The third kappa shape index (κ3) is 3.35. The number of hydrogen-bond donors (Lipinski definition) is 0. The maximum atomic E-state index is 13.1. The SMILES string of the molecule is Cc1cc(N(Cc2ccccc2[N+](=O)[O-])C2CC2)n2nc(C(F)(F)F)nc2n1. The third-order valence-electron chi connectivity index (χ3n) is 4.49. The van der Waals surface area contributed by atoms with E-state index in [2.05, 4.69) is 15.1 Å². The molecule has 1 aliphatic rings. The van der Waals surface area contributed by atoms with Crippen LogP contribution in [-0.4, -0.2) is 30.5 Å². The Bertz CT molecular complexity index is 1060. The summed E-state index contributed by atoms with van der Waals surface area (Å²) in [5.74, 6) is -1.05. The van der Waals surface area contributed by atoms with Crippen LogP contribution in [0.3, 0.4) is 0 Å². The van der Waals surface area contributed by atoms with Gasteiger partial charge in [0.25, 0.3) is 17.3 Å². The molecule has 3 aromatic rings. The Balaban J connectivity index is 1.82. The van der Waals surface area contributed by atoms with Gasteiger partial charge in [-0.2, -0.15) is 22.7 Å². The van der Waals surface area contributed by atoms with E-state index < -0.39 is 16.9 Å². The van der Waals surface area contributed by atoms with Crippen LogP contribution in [-0.2, 0) is 12.7 Å². The molecular formula is C17H15F3N6O2. The van der Waals surface area contributed by atoms with Crippen LogP contribution >= 0.6 is 0 Å². The first-order valence-corrected chi connectivity index (χ1v) is 8.54. The summed E-state index contributed by atoms with van der Waals surface area (Å²) in [6.45, 7) is 1.82. The fourth-order valence-electron chi connectivity index (χ4n) is 3.08. The molecule has 11 heteroatoms. The number of aromatic nitrogens is 4. The number of hydrogen-bond acceptors (Lipinski definition) is 6. The molecule has 4 rings (SSSR count). The van der Waals surface area contributed by atoms with E-state index in [4.69, 9.17) is 0 Å². The number of nitrogens with zero attached hydrogens (tertiary/aromatic N) is 6. The smallest absolute Gasteiger partial charge is 0.349 e. The predicted octanol–water partition coefficient (Wildman–Crippen LogP) is 3.53. The highest BCUT2D eigenvalue weighted by Crippen LogP contribution is 2.35. The zero-order valence-electron chi connectivity index (χ0n) is 14.7. The fraction of sp³-hybridized carbons (Fsp3) is 0.353. The van der Waals surface area contributed by atoms with Crippen molar-refractivity contribution in [1.29, 1.82) is 0 Å². The summed E-state index contributed by atoms with van der Waals surface area (Å²) in [6.07, 6.45) is -3.02. The standard InChI is InChI=1S/C17H15F3N6O2/c1-10-8-14(25-16(21-10)22-15(23-25)17(18,19)20)24(12-6-7-12)9-11-4-2-3-5-13(11)26(27)28/h2-5,8,12H,6-7,9H2,1H3. The first kappa shape index (κ1) is 18.1. The summed E-state index contributed by atoms with van der Waals surface area (Å²) < 4.78 is 40.3. The normalized spacial score (nSPS) is 14.4. The van der Waals surface area contributed by atoms with Gasteiger partial charge in [-0.1, -0.05) is 18.2 Å². The van der Waals surface area contributed by atoms with Gasteiger partial charge >= 0.3 is 6.18 Å². The Morgan fingerprint density at radius 1 is 1.29 bits per heavy atom. The van der Waals surface area contributed by atoms with Crippen molar-refractivity contribution in [2.24, 2.45) is 0 Å². The molecule has 0 atom stereocenters. The lowest BCUT2D eigenvalue weighted by Crippen LogP contribution is -2.28. The Morgan fingerprint density at radius 3 is 2.64 bits per heavy atom. The van der Waals surface area contributed by atoms with Gasteiger partial charge in [-0.3, -0.25) is 10.1 Å². The number of alkyl halides is 3.